The van der Waals surface area contributed by atoms with Crippen LogP contribution in [0.4, 0.5) is 5.82 Å². The van der Waals surface area contributed by atoms with Crippen LogP contribution >= 0.6 is 0 Å². The summed E-state index contributed by atoms with van der Waals surface area (Å²) in [5, 5.41) is 9.20. The van der Waals surface area contributed by atoms with Crippen LogP contribution in [0.25, 0.3) is 0 Å². The Bertz CT molecular complexity index is 485. The van der Waals surface area contributed by atoms with Crippen LogP contribution in [0.1, 0.15) is 19.8 Å². The second-order valence-corrected chi connectivity index (χ2v) is 4.66. The molecule has 0 amide bonds. The number of aliphatic carboxylic acids is 1. The van der Waals surface area contributed by atoms with Gasteiger partial charge in [0.2, 0.25) is 0 Å². The molecule has 1 aliphatic rings. The smallest absolute Gasteiger partial charge is 0.311 e. The molecule has 0 aromatic carbocycles. The maximum atomic E-state index is 11.2. The highest BCUT2D eigenvalue weighted by Crippen LogP contribution is 2.31. The number of aromatic nitrogens is 2. The Labute approximate surface area is 98.3 Å². The second kappa shape index (κ2) is 4.20. The monoisotopic (exact) mass is 237 g/mol. The van der Waals surface area contributed by atoms with Gasteiger partial charge in [-0.25, -0.2) is 4.98 Å². The highest BCUT2D eigenvalue weighted by Gasteiger charge is 2.38. The lowest BCUT2D eigenvalue weighted by Crippen LogP contribution is -2.46. The normalized spacial score (nSPS) is 24.6. The van der Waals surface area contributed by atoms with Gasteiger partial charge in [-0.05, 0) is 19.8 Å². The lowest BCUT2D eigenvalue weighted by molar-refractivity contribution is -0.148. The summed E-state index contributed by atoms with van der Waals surface area (Å²) < 4.78 is 0. The molecule has 1 aromatic rings. The molecule has 6 nitrogen and oxygen atoms in total. The van der Waals surface area contributed by atoms with Crippen LogP contribution in [0, 0.1) is 5.41 Å². The minimum absolute atomic E-state index is 0.224. The van der Waals surface area contributed by atoms with E-state index in [1.165, 1.54) is 12.4 Å². The Kier molecular flexibility index (Phi) is 2.87. The molecule has 0 radical (unpaired) electrons. The number of H-pyrrole nitrogens is 1. The van der Waals surface area contributed by atoms with Gasteiger partial charge in [0.05, 0.1) is 11.7 Å². The number of aromatic amines is 1. The van der Waals surface area contributed by atoms with Crippen molar-refractivity contribution in [3.05, 3.63) is 22.7 Å². The van der Waals surface area contributed by atoms with Crippen molar-refractivity contribution < 1.29 is 9.90 Å². The van der Waals surface area contributed by atoms with Gasteiger partial charge in [-0.2, -0.15) is 0 Å². The lowest BCUT2D eigenvalue weighted by Gasteiger charge is -2.37. The standard InChI is InChI=1S/C11H15N3O3/c1-11(10(16)17)3-2-4-14(6-11)8-5-9(15)13-7-12-8/h5,7H,2-4,6H2,1H3,(H,16,17)(H,12,13,15). The SMILES string of the molecule is CC1(C(=O)O)CCCN(c2cc(=O)[nH]cn2)C1. The first-order chi connectivity index (χ1) is 8.01. The van der Waals surface area contributed by atoms with E-state index in [4.69, 9.17) is 0 Å². The number of carbonyl (C=O) groups is 1. The number of rotatable bonds is 2. The van der Waals surface area contributed by atoms with E-state index in [1.807, 2.05) is 4.90 Å². The third-order valence-corrected chi connectivity index (χ3v) is 3.20. The number of nitrogens with zero attached hydrogens (tertiary/aromatic N) is 2. The van der Waals surface area contributed by atoms with Gasteiger partial charge >= 0.3 is 5.97 Å². The highest BCUT2D eigenvalue weighted by atomic mass is 16.4. The van der Waals surface area contributed by atoms with Crippen molar-refractivity contribution in [2.24, 2.45) is 5.41 Å². The summed E-state index contributed by atoms with van der Waals surface area (Å²) in [6.45, 7) is 2.85. The third kappa shape index (κ3) is 2.30. The van der Waals surface area contributed by atoms with E-state index in [0.29, 0.717) is 18.8 Å². The molecule has 2 rings (SSSR count). The summed E-state index contributed by atoms with van der Waals surface area (Å²) in [5.41, 5.74) is -0.986. The molecule has 1 aliphatic heterocycles. The molecule has 2 heterocycles. The third-order valence-electron chi connectivity index (χ3n) is 3.20. The average molecular weight is 237 g/mol. The number of carboxylic acids is 1. The molecular formula is C11H15N3O3. The summed E-state index contributed by atoms with van der Waals surface area (Å²) in [7, 11) is 0. The molecule has 1 saturated heterocycles. The van der Waals surface area contributed by atoms with E-state index in [0.717, 1.165) is 13.0 Å². The summed E-state index contributed by atoms with van der Waals surface area (Å²) in [4.78, 5) is 30.8. The molecule has 1 aromatic heterocycles. The van der Waals surface area contributed by atoms with Crippen LogP contribution in [0.15, 0.2) is 17.2 Å². The second-order valence-electron chi connectivity index (χ2n) is 4.66. The predicted octanol–water partition coefficient (Wildman–Crippen LogP) is 0.461. The van der Waals surface area contributed by atoms with Gasteiger partial charge < -0.3 is 15.0 Å². The topological polar surface area (TPSA) is 86.3 Å². The molecule has 1 fully saturated rings. The number of carboxylic acid groups (broad SMARTS) is 1. The van der Waals surface area contributed by atoms with E-state index in [9.17, 15) is 14.7 Å². The number of anilines is 1. The zero-order valence-electron chi connectivity index (χ0n) is 9.64. The number of hydrogen-bond acceptors (Lipinski definition) is 4. The lowest BCUT2D eigenvalue weighted by atomic mass is 9.82. The Morgan fingerprint density at radius 1 is 1.65 bits per heavy atom. The molecule has 6 heteroatoms. The summed E-state index contributed by atoms with van der Waals surface area (Å²) in [5.74, 6) is -0.257. The summed E-state index contributed by atoms with van der Waals surface area (Å²) in [6, 6.07) is 1.40. The van der Waals surface area contributed by atoms with Crippen molar-refractivity contribution in [3.8, 4) is 0 Å². The zero-order valence-corrected chi connectivity index (χ0v) is 9.64. The number of hydrogen-bond donors (Lipinski definition) is 2. The molecule has 92 valence electrons. The van der Waals surface area contributed by atoms with Crippen molar-refractivity contribution in [2.45, 2.75) is 19.8 Å². The van der Waals surface area contributed by atoms with E-state index < -0.39 is 11.4 Å². The first-order valence-electron chi connectivity index (χ1n) is 5.54. The largest absolute Gasteiger partial charge is 0.481 e. The molecule has 1 atom stereocenters. The average Bonchev–Trinajstić information content (AvgIpc) is 2.29. The van der Waals surface area contributed by atoms with E-state index in [1.54, 1.807) is 6.92 Å². The zero-order chi connectivity index (χ0) is 12.5. The van der Waals surface area contributed by atoms with Crippen molar-refractivity contribution >= 4 is 11.8 Å². The molecule has 0 spiro atoms. The van der Waals surface area contributed by atoms with Crippen LogP contribution < -0.4 is 10.5 Å². The molecular weight excluding hydrogens is 222 g/mol. The van der Waals surface area contributed by atoms with Gasteiger partial charge in [0, 0.05) is 19.2 Å². The quantitative estimate of drug-likeness (QED) is 0.780. The molecule has 17 heavy (non-hydrogen) atoms. The predicted molar refractivity (Wildman–Crippen MR) is 62.0 cm³/mol. The van der Waals surface area contributed by atoms with Crippen molar-refractivity contribution in [3.63, 3.8) is 0 Å². The number of nitrogens with one attached hydrogen (secondary N) is 1. The Morgan fingerprint density at radius 2 is 2.41 bits per heavy atom. The highest BCUT2D eigenvalue weighted by molar-refractivity contribution is 5.75. The maximum absolute atomic E-state index is 11.2. The van der Waals surface area contributed by atoms with Crippen molar-refractivity contribution in [1.29, 1.82) is 0 Å². The fourth-order valence-electron chi connectivity index (χ4n) is 2.14. The molecule has 0 aliphatic carbocycles. The molecule has 0 saturated carbocycles. The van der Waals surface area contributed by atoms with Crippen LogP contribution in [0.3, 0.4) is 0 Å². The first kappa shape index (κ1) is 11.6. The fraction of sp³-hybridized carbons (Fsp3) is 0.545. The van der Waals surface area contributed by atoms with Gasteiger partial charge in [-0.1, -0.05) is 0 Å². The van der Waals surface area contributed by atoms with Crippen LogP contribution in [0.2, 0.25) is 0 Å². The van der Waals surface area contributed by atoms with Crippen molar-refractivity contribution in [1.82, 2.24) is 9.97 Å². The Balaban J connectivity index is 2.23. The van der Waals surface area contributed by atoms with Crippen LogP contribution in [0.5, 0.6) is 0 Å². The fourth-order valence-corrected chi connectivity index (χ4v) is 2.14. The van der Waals surface area contributed by atoms with Crippen molar-refractivity contribution in [2.75, 3.05) is 18.0 Å². The van der Waals surface area contributed by atoms with Gasteiger partial charge in [0.1, 0.15) is 5.82 Å². The summed E-state index contributed by atoms with van der Waals surface area (Å²) in [6.07, 6.45) is 2.78. The van der Waals surface area contributed by atoms with Gasteiger partial charge in [0.25, 0.3) is 5.56 Å². The Hall–Kier alpha value is -1.85. The van der Waals surface area contributed by atoms with Gasteiger partial charge in [0.15, 0.2) is 0 Å². The van der Waals surface area contributed by atoms with Crippen LogP contribution in [-0.2, 0) is 4.79 Å². The van der Waals surface area contributed by atoms with Crippen LogP contribution in [-0.4, -0.2) is 34.1 Å². The summed E-state index contributed by atoms with van der Waals surface area (Å²) >= 11 is 0. The van der Waals surface area contributed by atoms with Gasteiger partial charge in [-0.15, -0.1) is 0 Å². The van der Waals surface area contributed by atoms with E-state index >= 15 is 0 Å². The molecule has 1 unspecified atom stereocenters. The maximum Gasteiger partial charge on any atom is 0.311 e. The van der Waals surface area contributed by atoms with E-state index in [-0.39, 0.29) is 5.56 Å². The van der Waals surface area contributed by atoms with E-state index in [2.05, 4.69) is 9.97 Å². The minimum atomic E-state index is -0.799. The number of piperidine rings is 1. The Morgan fingerprint density at radius 3 is 3.06 bits per heavy atom. The molecule has 2 N–H and O–H groups in total. The molecule has 0 bridgehead atoms. The minimum Gasteiger partial charge on any atom is -0.481 e. The van der Waals surface area contributed by atoms with Gasteiger partial charge in [-0.3, -0.25) is 9.59 Å². The first-order valence-corrected chi connectivity index (χ1v) is 5.54.